The number of aryl methyl sites for hydroxylation is 1. The Morgan fingerprint density at radius 3 is 2.32 bits per heavy atom. The molecule has 0 saturated carbocycles. The first kappa shape index (κ1) is 15.8. The van der Waals surface area contributed by atoms with Gasteiger partial charge in [0.1, 0.15) is 5.03 Å². The molecule has 0 aliphatic heterocycles. The molecule has 0 fully saturated rings. The van der Waals surface area contributed by atoms with Gasteiger partial charge in [-0.2, -0.15) is 0 Å². The van der Waals surface area contributed by atoms with Gasteiger partial charge in [0.2, 0.25) is 11.8 Å². The van der Waals surface area contributed by atoms with Gasteiger partial charge in [0, 0.05) is 5.56 Å². The highest BCUT2D eigenvalue weighted by molar-refractivity contribution is 7.99. The Balaban J connectivity index is 1.59. The quantitative estimate of drug-likeness (QED) is 0.492. The number of nitrogens with zero attached hydrogens (tertiary/aromatic N) is 4. The lowest BCUT2D eigenvalue weighted by molar-refractivity contribution is 0.509. The van der Waals surface area contributed by atoms with Crippen LogP contribution in [-0.4, -0.2) is 20.2 Å². The minimum absolute atomic E-state index is 0.0147. The molecule has 1 unspecified atom stereocenters. The third-order valence-corrected chi connectivity index (χ3v) is 4.96. The predicted molar refractivity (Wildman–Crippen MR) is 98.3 cm³/mol. The summed E-state index contributed by atoms with van der Waals surface area (Å²) in [5.74, 6) is 1.11. The predicted octanol–water partition coefficient (Wildman–Crippen LogP) is 4.84. The van der Waals surface area contributed by atoms with E-state index in [0.717, 1.165) is 27.3 Å². The molecule has 1 atom stereocenters. The Morgan fingerprint density at radius 1 is 0.880 bits per heavy atom. The molecule has 0 spiro atoms. The second-order valence-electron chi connectivity index (χ2n) is 5.67. The number of para-hydroxylation sites is 2. The maximum Gasteiger partial charge on any atom is 0.247 e. The Hall–Kier alpha value is -2.73. The van der Waals surface area contributed by atoms with Gasteiger partial charge < -0.3 is 4.42 Å². The van der Waals surface area contributed by atoms with Crippen molar-refractivity contribution >= 4 is 22.8 Å². The fraction of sp³-hybridized carbons (Fsp3) is 0.158. The summed E-state index contributed by atoms with van der Waals surface area (Å²) in [4.78, 5) is 9.34. The van der Waals surface area contributed by atoms with Crippen LogP contribution in [0.4, 0.5) is 0 Å². The maximum atomic E-state index is 5.84. The van der Waals surface area contributed by atoms with Crippen molar-refractivity contribution in [2.75, 3.05) is 0 Å². The number of hydrogen-bond donors (Lipinski definition) is 0. The van der Waals surface area contributed by atoms with Crippen LogP contribution >= 0.6 is 11.8 Å². The average Bonchev–Trinajstić information content (AvgIpc) is 3.13. The van der Waals surface area contributed by atoms with Crippen LogP contribution < -0.4 is 0 Å². The van der Waals surface area contributed by atoms with Gasteiger partial charge in [0.15, 0.2) is 0 Å². The highest BCUT2D eigenvalue weighted by Gasteiger charge is 2.18. The van der Waals surface area contributed by atoms with Crippen LogP contribution in [0.2, 0.25) is 0 Å². The van der Waals surface area contributed by atoms with E-state index in [9.17, 15) is 0 Å². The number of thioether (sulfide) groups is 1. The zero-order valence-corrected chi connectivity index (χ0v) is 14.7. The van der Waals surface area contributed by atoms with Crippen LogP contribution in [0.25, 0.3) is 22.5 Å². The first-order chi connectivity index (χ1) is 12.2. The third-order valence-electron chi connectivity index (χ3n) is 3.80. The summed E-state index contributed by atoms with van der Waals surface area (Å²) in [5.41, 5.74) is 3.61. The lowest BCUT2D eigenvalue weighted by Crippen LogP contribution is -1.96. The monoisotopic (exact) mass is 348 g/mol. The first-order valence-electron chi connectivity index (χ1n) is 7.99. The van der Waals surface area contributed by atoms with Crippen LogP contribution in [0.1, 0.15) is 23.8 Å². The van der Waals surface area contributed by atoms with Crippen molar-refractivity contribution in [3.05, 3.63) is 66.2 Å². The largest absolute Gasteiger partial charge is 0.419 e. The summed E-state index contributed by atoms with van der Waals surface area (Å²) >= 11 is 1.58. The Kier molecular flexibility index (Phi) is 4.19. The molecule has 0 amide bonds. The van der Waals surface area contributed by atoms with E-state index in [4.69, 9.17) is 9.40 Å². The van der Waals surface area contributed by atoms with Crippen LogP contribution in [0, 0.1) is 6.92 Å². The van der Waals surface area contributed by atoms with Gasteiger partial charge in [0.05, 0.1) is 22.0 Å². The molecule has 0 bridgehead atoms. The van der Waals surface area contributed by atoms with E-state index in [1.807, 2.05) is 68.4 Å². The summed E-state index contributed by atoms with van der Waals surface area (Å²) in [6, 6.07) is 17.6. The van der Waals surface area contributed by atoms with Gasteiger partial charge >= 0.3 is 0 Å². The van der Waals surface area contributed by atoms with E-state index in [1.54, 1.807) is 11.8 Å². The summed E-state index contributed by atoms with van der Waals surface area (Å²) in [6.45, 7) is 4.00. The topological polar surface area (TPSA) is 64.7 Å². The standard InChI is InChI=1S/C19H16N4OS/c1-12-19(21-16-11-7-6-10-15(16)20-12)25-13(2)17-22-23-18(24-17)14-8-4-3-5-9-14/h3-11,13H,1-2H3. The van der Waals surface area contributed by atoms with E-state index in [2.05, 4.69) is 15.2 Å². The summed E-state index contributed by atoms with van der Waals surface area (Å²) < 4.78 is 5.84. The van der Waals surface area contributed by atoms with Crippen molar-refractivity contribution in [1.82, 2.24) is 20.2 Å². The molecule has 5 nitrogen and oxygen atoms in total. The fourth-order valence-electron chi connectivity index (χ4n) is 2.50. The van der Waals surface area contributed by atoms with Gasteiger partial charge in [-0.3, -0.25) is 0 Å². The SMILES string of the molecule is Cc1nc2ccccc2nc1SC(C)c1nnc(-c2ccccc2)o1. The molecule has 0 N–H and O–H groups in total. The molecule has 4 aromatic rings. The molecule has 2 aromatic heterocycles. The number of hydrogen-bond acceptors (Lipinski definition) is 6. The average molecular weight is 348 g/mol. The van der Waals surface area contributed by atoms with Gasteiger partial charge in [0.25, 0.3) is 0 Å². The number of aromatic nitrogens is 4. The summed E-state index contributed by atoms with van der Waals surface area (Å²) in [7, 11) is 0. The fourth-order valence-corrected chi connectivity index (χ4v) is 3.40. The smallest absolute Gasteiger partial charge is 0.247 e. The van der Waals surface area contributed by atoms with Crippen LogP contribution in [0.3, 0.4) is 0 Å². The lowest BCUT2D eigenvalue weighted by Gasteiger charge is -2.09. The van der Waals surface area contributed by atoms with Crippen molar-refractivity contribution in [2.45, 2.75) is 24.1 Å². The minimum Gasteiger partial charge on any atom is -0.419 e. The van der Waals surface area contributed by atoms with Crippen molar-refractivity contribution in [3.63, 3.8) is 0 Å². The summed E-state index contributed by atoms with van der Waals surface area (Å²) in [5, 5.41) is 9.22. The zero-order chi connectivity index (χ0) is 17.2. The molecule has 6 heteroatoms. The summed E-state index contributed by atoms with van der Waals surface area (Å²) in [6.07, 6.45) is 0. The normalized spacial score (nSPS) is 12.4. The van der Waals surface area contributed by atoms with Crippen molar-refractivity contribution in [3.8, 4) is 11.5 Å². The van der Waals surface area contributed by atoms with Crippen LogP contribution in [0.15, 0.2) is 64.0 Å². The second kappa shape index (κ2) is 6.64. The van der Waals surface area contributed by atoms with Crippen LogP contribution in [0.5, 0.6) is 0 Å². The van der Waals surface area contributed by atoms with E-state index >= 15 is 0 Å². The van der Waals surface area contributed by atoms with Gasteiger partial charge in [-0.15, -0.1) is 10.2 Å². The van der Waals surface area contributed by atoms with Crippen molar-refractivity contribution in [1.29, 1.82) is 0 Å². The molecule has 2 aromatic carbocycles. The van der Waals surface area contributed by atoms with Gasteiger partial charge in [-0.1, -0.05) is 42.1 Å². The highest BCUT2D eigenvalue weighted by atomic mass is 32.2. The Labute approximate surface area is 149 Å². The molecular formula is C19H16N4OS. The molecule has 0 aliphatic carbocycles. The first-order valence-corrected chi connectivity index (χ1v) is 8.87. The van der Waals surface area contributed by atoms with Crippen molar-refractivity contribution in [2.24, 2.45) is 0 Å². The van der Waals surface area contributed by atoms with E-state index in [1.165, 1.54) is 0 Å². The van der Waals surface area contributed by atoms with Crippen molar-refractivity contribution < 1.29 is 4.42 Å². The highest BCUT2D eigenvalue weighted by Crippen LogP contribution is 2.35. The van der Waals surface area contributed by atoms with Gasteiger partial charge in [-0.25, -0.2) is 9.97 Å². The number of fused-ring (bicyclic) bond motifs is 1. The van der Waals surface area contributed by atoms with Gasteiger partial charge in [-0.05, 0) is 38.1 Å². The molecule has 0 aliphatic rings. The van der Waals surface area contributed by atoms with E-state index in [-0.39, 0.29) is 5.25 Å². The molecule has 2 heterocycles. The molecule has 0 saturated heterocycles. The Morgan fingerprint density at radius 2 is 1.56 bits per heavy atom. The second-order valence-corrected chi connectivity index (χ2v) is 7.00. The van der Waals surface area contributed by atoms with Crippen LogP contribution in [-0.2, 0) is 0 Å². The minimum atomic E-state index is -0.0147. The zero-order valence-electron chi connectivity index (χ0n) is 13.9. The Bertz CT molecular complexity index is 1020. The molecule has 25 heavy (non-hydrogen) atoms. The molecule has 4 rings (SSSR count). The molecular weight excluding hydrogens is 332 g/mol. The number of benzene rings is 2. The maximum absolute atomic E-state index is 5.84. The van der Waals surface area contributed by atoms with E-state index in [0.29, 0.717) is 11.8 Å². The van der Waals surface area contributed by atoms with E-state index < -0.39 is 0 Å². The third kappa shape index (κ3) is 3.25. The molecule has 124 valence electrons. The number of rotatable bonds is 4. The lowest BCUT2D eigenvalue weighted by atomic mass is 10.2. The molecule has 0 radical (unpaired) electrons.